The van der Waals surface area contributed by atoms with E-state index >= 15 is 0 Å². The van der Waals surface area contributed by atoms with Gasteiger partial charge in [0.1, 0.15) is 0 Å². The molecular formula is C11H16N4O3S. The standard InChI is InChI=1S/C11H16N4O3S/c1-15(2)8-4-7(10(16)14-11(12)13)5-9(6-8)19(3,17)18/h4-6H,1-3H3,(H4,12,13,14,16). The van der Waals surface area contributed by atoms with Crippen LogP contribution in [0.3, 0.4) is 0 Å². The summed E-state index contributed by atoms with van der Waals surface area (Å²) in [5, 5.41) is 0. The Balaban J connectivity index is 3.45. The lowest BCUT2D eigenvalue weighted by molar-refractivity contribution is 0.100. The van der Waals surface area contributed by atoms with E-state index in [1.54, 1.807) is 19.0 Å². The third kappa shape index (κ3) is 3.95. The number of nitrogens with zero attached hydrogens (tertiary/aromatic N) is 2. The second-order valence-electron chi connectivity index (χ2n) is 4.22. The first-order chi connectivity index (χ1) is 8.61. The topological polar surface area (TPSA) is 119 Å². The first kappa shape index (κ1) is 15.0. The highest BCUT2D eigenvalue weighted by atomic mass is 32.2. The quantitative estimate of drug-likeness (QED) is 0.574. The molecule has 0 bridgehead atoms. The van der Waals surface area contributed by atoms with Gasteiger partial charge in [0.05, 0.1) is 4.90 Å². The van der Waals surface area contributed by atoms with Crippen LogP contribution in [0.2, 0.25) is 0 Å². The van der Waals surface area contributed by atoms with Crippen molar-refractivity contribution in [2.24, 2.45) is 16.5 Å². The number of aliphatic imine (C=N–C) groups is 1. The highest BCUT2D eigenvalue weighted by Gasteiger charge is 2.15. The average molecular weight is 284 g/mol. The van der Waals surface area contributed by atoms with Crippen molar-refractivity contribution in [3.63, 3.8) is 0 Å². The van der Waals surface area contributed by atoms with Crippen LogP contribution < -0.4 is 16.4 Å². The number of carbonyl (C=O) groups is 1. The Hall–Kier alpha value is -2.09. The monoisotopic (exact) mass is 284 g/mol. The molecular weight excluding hydrogens is 268 g/mol. The van der Waals surface area contributed by atoms with E-state index in [9.17, 15) is 13.2 Å². The molecule has 0 aromatic heterocycles. The molecule has 0 saturated carbocycles. The van der Waals surface area contributed by atoms with Crippen molar-refractivity contribution >= 4 is 27.4 Å². The summed E-state index contributed by atoms with van der Waals surface area (Å²) < 4.78 is 23.2. The van der Waals surface area contributed by atoms with Gasteiger partial charge >= 0.3 is 0 Å². The second-order valence-corrected chi connectivity index (χ2v) is 6.24. The van der Waals surface area contributed by atoms with Gasteiger partial charge in [-0.25, -0.2) is 8.42 Å². The molecule has 0 saturated heterocycles. The molecule has 8 heteroatoms. The highest BCUT2D eigenvalue weighted by Crippen LogP contribution is 2.21. The number of carbonyl (C=O) groups excluding carboxylic acids is 1. The Morgan fingerprint density at radius 3 is 2.21 bits per heavy atom. The fraction of sp³-hybridized carbons (Fsp3) is 0.273. The zero-order valence-corrected chi connectivity index (χ0v) is 11.7. The van der Waals surface area contributed by atoms with Gasteiger partial charge in [-0.15, -0.1) is 0 Å². The van der Waals surface area contributed by atoms with Gasteiger partial charge in [0.15, 0.2) is 15.8 Å². The van der Waals surface area contributed by atoms with Gasteiger partial charge in [0, 0.05) is 31.6 Å². The Kier molecular flexibility index (Phi) is 4.15. The molecule has 0 spiro atoms. The van der Waals surface area contributed by atoms with Crippen molar-refractivity contribution < 1.29 is 13.2 Å². The summed E-state index contributed by atoms with van der Waals surface area (Å²) in [5.41, 5.74) is 10.9. The summed E-state index contributed by atoms with van der Waals surface area (Å²) >= 11 is 0. The van der Waals surface area contributed by atoms with Gasteiger partial charge in [-0.2, -0.15) is 4.99 Å². The van der Waals surface area contributed by atoms with E-state index in [1.807, 2.05) is 0 Å². The molecule has 1 amide bonds. The van der Waals surface area contributed by atoms with Crippen LogP contribution in [-0.2, 0) is 9.84 Å². The van der Waals surface area contributed by atoms with Crippen LogP contribution in [0, 0.1) is 0 Å². The third-order valence-electron chi connectivity index (χ3n) is 2.31. The van der Waals surface area contributed by atoms with Crippen molar-refractivity contribution in [3.8, 4) is 0 Å². The molecule has 0 radical (unpaired) electrons. The molecule has 0 unspecified atom stereocenters. The molecule has 19 heavy (non-hydrogen) atoms. The van der Waals surface area contributed by atoms with Crippen LogP contribution in [0.25, 0.3) is 0 Å². The summed E-state index contributed by atoms with van der Waals surface area (Å²) in [7, 11) is 0.0315. The fourth-order valence-corrected chi connectivity index (χ4v) is 2.04. The van der Waals surface area contributed by atoms with Crippen LogP contribution in [0.5, 0.6) is 0 Å². The molecule has 1 aromatic rings. The zero-order chi connectivity index (χ0) is 14.8. The number of hydrogen-bond donors (Lipinski definition) is 2. The Morgan fingerprint density at radius 1 is 1.21 bits per heavy atom. The van der Waals surface area contributed by atoms with E-state index in [1.165, 1.54) is 18.2 Å². The van der Waals surface area contributed by atoms with Gasteiger partial charge in [-0.05, 0) is 18.2 Å². The molecule has 104 valence electrons. The highest BCUT2D eigenvalue weighted by molar-refractivity contribution is 7.90. The lowest BCUT2D eigenvalue weighted by Gasteiger charge is -2.14. The van der Waals surface area contributed by atoms with Crippen LogP contribution in [0.1, 0.15) is 10.4 Å². The number of sulfone groups is 1. The van der Waals surface area contributed by atoms with Crippen molar-refractivity contribution in [1.29, 1.82) is 0 Å². The van der Waals surface area contributed by atoms with Gasteiger partial charge in [0.2, 0.25) is 0 Å². The smallest absolute Gasteiger partial charge is 0.280 e. The maximum Gasteiger partial charge on any atom is 0.280 e. The predicted octanol–water partition coefficient (Wildman–Crippen LogP) is -0.430. The van der Waals surface area contributed by atoms with E-state index in [2.05, 4.69) is 4.99 Å². The van der Waals surface area contributed by atoms with Crippen molar-refractivity contribution in [2.45, 2.75) is 4.90 Å². The molecule has 4 N–H and O–H groups in total. The summed E-state index contributed by atoms with van der Waals surface area (Å²) in [6.45, 7) is 0. The van der Waals surface area contributed by atoms with Gasteiger partial charge in [-0.1, -0.05) is 0 Å². The Bertz CT molecular complexity index is 631. The summed E-state index contributed by atoms with van der Waals surface area (Å²) in [4.78, 5) is 16.9. The maximum absolute atomic E-state index is 11.7. The number of hydrogen-bond acceptors (Lipinski definition) is 4. The SMILES string of the molecule is CN(C)c1cc(C(=O)N=C(N)N)cc(S(C)(=O)=O)c1. The number of amides is 1. The maximum atomic E-state index is 11.7. The average Bonchev–Trinajstić information content (AvgIpc) is 2.26. The minimum absolute atomic E-state index is 0.0350. The predicted molar refractivity (Wildman–Crippen MR) is 74.0 cm³/mol. The third-order valence-corrected chi connectivity index (χ3v) is 3.41. The molecule has 1 rings (SSSR count). The molecule has 0 aliphatic carbocycles. The number of guanidine groups is 1. The fourth-order valence-electron chi connectivity index (χ4n) is 1.36. The Labute approximate surface area is 111 Å². The summed E-state index contributed by atoms with van der Waals surface area (Å²) in [6, 6.07) is 4.24. The van der Waals surface area contributed by atoms with E-state index in [0.29, 0.717) is 5.69 Å². The van der Waals surface area contributed by atoms with E-state index in [0.717, 1.165) is 6.26 Å². The summed E-state index contributed by atoms with van der Waals surface area (Å²) in [5.74, 6) is -1.06. The van der Waals surface area contributed by atoms with Gasteiger partial charge < -0.3 is 16.4 Å². The second kappa shape index (κ2) is 5.27. The zero-order valence-electron chi connectivity index (χ0n) is 10.9. The van der Waals surface area contributed by atoms with Gasteiger partial charge in [0.25, 0.3) is 5.91 Å². The lowest BCUT2D eigenvalue weighted by atomic mass is 10.2. The minimum atomic E-state index is -3.43. The van der Waals surface area contributed by atoms with Crippen LogP contribution >= 0.6 is 0 Å². The largest absolute Gasteiger partial charge is 0.378 e. The molecule has 0 aliphatic heterocycles. The summed E-state index contributed by atoms with van der Waals surface area (Å²) in [6.07, 6.45) is 1.07. The van der Waals surface area contributed by atoms with E-state index in [4.69, 9.17) is 11.5 Å². The first-order valence-corrected chi connectivity index (χ1v) is 7.17. The van der Waals surface area contributed by atoms with Crippen LogP contribution in [0.15, 0.2) is 28.1 Å². The molecule has 0 heterocycles. The molecule has 7 nitrogen and oxygen atoms in total. The Morgan fingerprint density at radius 2 is 1.79 bits per heavy atom. The minimum Gasteiger partial charge on any atom is -0.378 e. The molecule has 0 aliphatic rings. The number of nitrogens with two attached hydrogens (primary N) is 2. The molecule has 0 fully saturated rings. The van der Waals surface area contributed by atoms with Gasteiger partial charge in [-0.3, -0.25) is 4.79 Å². The molecule has 1 aromatic carbocycles. The van der Waals surface area contributed by atoms with Crippen molar-refractivity contribution in [3.05, 3.63) is 23.8 Å². The van der Waals surface area contributed by atoms with E-state index in [-0.39, 0.29) is 16.4 Å². The van der Waals surface area contributed by atoms with Crippen molar-refractivity contribution in [2.75, 3.05) is 25.3 Å². The van der Waals surface area contributed by atoms with Crippen LogP contribution in [-0.4, -0.2) is 40.6 Å². The van der Waals surface area contributed by atoms with E-state index < -0.39 is 15.7 Å². The molecule has 0 atom stereocenters. The number of benzene rings is 1. The number of rotatable bonds is 3. The number of anilines is 1. The first-order valence-electron chi connectivity index (χ1n) is 5.27. The van der Waals surface area contributed by atoms with Crippen LogP contribution in [0.4, 0.5) is 5.69 Å². The van der Waals surface area contributed by atoms with Crippen molar-refractivity contribution in [1.82, 2.24) is 0 Å². The lowest BCUT2D eigenvalue weighted by Crippen LogP contribution is -2.24. The normalized spacial score (nSPS) is 10.9.